The highest BCUT2D eigenvalue weighted by Gasteiger charge is 2.32. The average Bonchev–Trinajstić information content (AvgIpc) is 2.98. The quantitative estimate of drug-likeness (QED) is 0.196. The summed E-state index contributed by atoms with van der Waals surface area (Å²) in [4.78, 5) is 26.2. The first kappa shape index (κ1) is 24.2. The summed E-state index contributed by atoms with van der Waals surface area (Å²) in [5.41, 5.74) is 0.824. The molecule has 1 saturated heterocycles. The molecule has 1 aromatic rings. The van der Waals surface area contributed by atoms with Crippen LogP contribution in [0, 0.1) is 0 Å². The van der Waals surface area contributed by atoms with E-state index >= 15 is 0 Å². The van der Waals surface area contributed by atoms with Crippen molar-refractivity contribution in [1.29, 1.82) is 0 Å². The number of nitrogens with zero attached hydrogens (tertiary/aromatic N) is 1. The Morgan fingerprint density at radius 3 is 2.63 bits per heavy atom. The SMILES string of the molecule is CCCCCOc1ccc(/C=C2\SC(=S)N(CCC(=O)OCC)C2=O)cc1OCC. The molecule has 1 aliphatic rings. The second-order valence-corrected chi connectivity index (χ2v) is 8.26. The largest absolute Gasteiger partial charge is 0.490 e. The molecule has 0 saturated carbocycles. The molecule has 6 nitrogen and oxygen atoms in total. The molecule has 30 heavy (non-hydrogen) atoms. The van der Waals surface area contributed by atoms with Gasteiger partial charge in [-0.25, -0.2) is 0 Å². The number of unbranched alkanes of at least 4 members (excludes halogenated alkanes) is 2. The number of carbonyl (C=O) groups excluding carboxylic acids is 2. The van der Waals surface area contributed by atoms with Crippen molar-refractivity contribution in [3.05, 3.63) is 28.7 Å². The van der Waals surface area contributed by atoms with E-state index in [1.807, 2.05) is 25.1 Å². The highest BCUT2D eigenvalue weighted by Crippen LogP contribution is 2.35. The Hall–Kier alpha value is -2.06. The van der Waals surface area contributed by atoms with E-state index in [1.54, 1.807) is 13.0 Å². The normalized spacial score (nSPS) is 15.0. The Bertz CT molecular complexity index is 794. The highest BCUT2D eigenvalue weighted by molar-refractivity contribution is 8.26. The van der Waals surface area contributed by atoms with Gasteiger partial charge < -0.3 is 14.2 Å². The van der Waals surface area contributed by atoms with Crippen molar-refractivity contribution >= 4 is 46.3 Å². The lowest BCUT2D eigenvalue weighted by molar-refractivity contribution is -0.143. The molecule has 1 heterocycles. The van der Waals surface area contributed by atoms with Gasteiger partial charge in [-0.2, -0.15) is 0 Å². The number of ether oxygens (including phenoxy) is 3. The van der Waals surface area contributed by atoms with Crippen molar-refractivity contribution in [1.82, 2.24) is 4.90 Å². The molecule has 0 atom stereocenters. The van der Waals surface area contributed by atoms with Crippen LogP contribution >= 0.6 is 24.0 Å². The Kier molecular flexibility index (Phi) is 10.2. The van der Waals surface area contributed by atoms with Crippen LogP contribution in [0.1, 0.15) is 52.0 Å². The van der Waals surface area contributed by atoms with Gasteiger partial charge in [-0.15, -0.1) is 0 Å². The first-order valence-corrected chi connectivity index (χ1v) is 11.5. The number of thiocarbonyl (C=S) groups is 1. The van der Waals surface area contributed by atoms with Gasteiger partial charge in [0.25, 0.3) is 5.91 Å². The van der Waals surface area contributed by atoms with Gasteiger partial charge in [0.2, 0.25) is 0 Å². The number of carbonyl (C=O) groups is 2. The lowest BCUT2D eigenvalue weighted by atomic mass is 10.1. The van der Waals surface area contributed by atoms with Gasteiger partial charge in [-0.3, -0.25) is 14.5 Å². The van der Waals surface area contributed by atoms with Gasteiger partial charge in [-0.05, 0) is 44.0 Å². The monoisotopic (exact) mass is 451 g/mol. The van der Waals surface area contributed by atoms with E-state index in [0.717, 1.165) is 24.8 Å². The maximum absolute atomic E-state index is 12.7. The summed E-state index contributed by atoms with van der Waals surface area (Å²) >= 11 is 6.54. The second kappa shape index (κ2) is 12.6. The maximum Gasteiger partial charge on any atom is 0.307 e. The molecule has 0 N–H and O–H groups in total. The minimum absolute atomic E-state index is 0.117. The molecule has 8 heteroatoms. The number of hydrogen-bond acceptors (Lipinski definition) is 7. The van der Waals surface area contributed by atoms with Crippen LogP contribution in [0.15, 0.2) is 23.1 Å². The van der Waals surface area contributed by atoms with Crippen LogP contribution in [0.2, 0.25) is 0 Å². The summed E-state index contributed by atoms with van der Waals surface area (Å²) in [6, 6.07) is 5.62. The summed E-state index contributed by atoms with van der Waals surface area (Å²) in [5, 5.41) is 0. The third-order valence-corrected chi connectivity index (χ3v) is 5.67. The lowest BCUT2D eigenvalue weighted by Gasteiger charge is -2.13. The van der Waals surface area contributed by atoms with Crippen molar-refractivity contribution in [2.75, 3.05) is 26.4 Å². The molecule has 2 rings (SSSR count). The van der Waals surface area contributed by atoms with Gasteiger partial charge in [0.1, 0.15) is 4.32 Å². The van der Waals surface area contributed by atoms with Gasteiger partial charge >= 0.3 is 5.97 Å². The third kappa shape index (κ3) is 7.02. The molecule has 1 aliphatic heterocycles. The van der Waals surface area contributed by atoms with Crippen LogP contribution in [0.4, 0.5) is 0 Å². The predicted octanol–water partition coefficient (Wildman–Crippen LogP) is 4.81. The number of thioether (sulfide) groups is 1. The van der Waals surface area contributed by atoms with Crippen molar-refractivity contribution in [3.63, 3.8) is 0 Å². The summed E-state index contributed by atoms with van der Waals surface area (Å²) in [5.74, 6) is 0.811. The summed E-state index contributed by atoms with van der Waals surface area (Å²) in [6.45, 7) is 7.52. The van der Waals surface area contributed by atoms with Crippen LogP contribution in [-0.2, 0) is 14.3 Å². The van der Waals surface area contributed by atoms with E-state index in [4.69, 9.17) is 26.4 Å². The molecule has 0 unspecified atom stereocenters. The van der Waals surface area contributed by atoms with E-state index in [0.29, 0.717) is 40.5 Å². The van der Waals surface area contributed by atoms with Crippen molar-refractivity contribution in [3.8, 4) is 11.5 Å². The van der Waals surface area contributed by atoms with Crippen LogP contribution in [0.5, 0.6) is 11.5 Å². The molecular formula is C22H29NO5S2. The van der Waals surface area contributed by atoms with Crippen molar-refractivity contribution in [2.45, 2.75) is 46.5 Å². The fourth-order valence-corrected chi connectivity index (χ4v) is 4.13. The lowest BCUT2D eigenvalue weighted by Crippen LogP contribution is -2.30. The van der Waals surface area contributed by atoms with Crippen molar-refractivity contribution < 1.29 is 23.8 Å². The molecule has 0 aliphatic carbocycles. The van der Waals surface area contributed by atoms with E-state index in [9.17, 15) is 9.59 Å². The number of rotatable bonds is 12. The molecular weight excluding hydrogens is 422 g/mol. The minimum atomic E-state index is -0.341. The first-order valence-electron chi connectivity index (χ1n) is 10.3. The molecule has 164 valence electrons. The molecule has 0 aromatic heterocycles. The first-order chi connectivity index (χ1) is 14.5. The number of amides is 1. The fourth-order valence-electron chi connectivity index (χ4n) is 2.82. The third-order valence-electron chi connectivity index (χ3n) is 4.29. The summed E-state index contributed by atoms with van der Waals surface area (Å²) < 4.78 is 16.9. The topological polar surface area (TPSA) is 65.1 Å². The Labute approximate surface area is 187 Å². The molecule has 0 bridgehead atoms. The maximum atomic E-state index is 12.7. The minimum Gasteiger partial charge on any atom is -0.490 e. The molecule has 0 spiro atoms. The van der Waals surface area contributed by atoms with Crippen LogP contribution in [0.25, 0.3) is 6.08 Å². The van der Waals surface area contributed by atoms with Crippen molar-refractivity contribution in [2.24, 2.45) is 0 Å². The highest BCUT2D eigenvalue weighted by atomic mass is 32.2. The van der Waals surface area contributed by atoms with Crippen LogP contribution in [-0.4, -0.2) is 47.5 Å². The Morgan fingerprint density at radius 2 is 1.93 bits per heavy atom. The van der Waals surface area contributed by atoms with E-state index in [2.05, 4.69) is 6.92 Å². The zero-order valence-corrected chi connectivity index (χ0v) is 19.4. The average molecular weight is 452 g/mol. The van der Waals surface area contributed by atoms with E-state index in [-0.39, 0.29) is 24.8 Å². The number of esters is 1. The van der Waals surface area contributed by atoms with Gasteiger partial charge in [0.15, 0.2) is 11.5 Å². The van der Waals surface area contributed by atoms with Crippen LogP contribution < -0.4 is 9.47 Å². The predicted molar refractivity (Wildman–Crippen MR) is 124 cm³/mol. The van der Waals surface area contributed by atoms with E-state index < -0.39 is 0 Å². The summed E-state index contributed by atoms with van der Waals surface area (Å²) in [6.07, 6.45) is 5.16. The summed E-state index contributed by atoms with van der Waals surface area (Å²) in [7, 11) is 0. The standard InChI is InChI=1S/C22H29NO5S2/c1-4-7-8-13-28-17-10-9-16(14-18(17)26-5-2)15-19-21(25)23(22(29)30-19)12-11-20(24)27-6-3/h9-10,14-15H,4-8,11-13H2,1-3H3/b19-15-. The van der Waals surface area contributed by atoms with Crippen LogP contribution in [0.3, 0.4) is 0 Å². The molecule has 0 radical (unpaired) electrons. The molecule has 1 fully saturated rings. The number of benzene rings is 1. The molecule has 1 amide bonds. The fraction of sp³-hybridized carbons (Fsp3) is 0.500. The zero-order chi connectivity index (χ0) is 21.9. The Balaban J connectivity index is 2.09. The zero-order valence-electron chi connectivity index (χ0n) is 17.8. The number of hydrogen-bond donors (Lipinski definition) is 0. The second-order valence-electron chi connectivity index (χ2n) is 6.58. The van der Waals surface area contributed by atoms with Gasteiger partial charge in [-0.1, -0.05) is 49.8 Å². The smallest absolute Gasteiger partial charge is 0.307 e. The van der Waals surface area contributed by atoms with Gasteiger partial charge in [0, 0.05) is 6.54 Å². The Morgan fingerprint density at radius 1 is 1.13 bits per heavy atom. The van der Waals surface area contributed by atoms with E-state index in [1.165, 1.54) is 16.7 Å². The molecule has 1 aromatic carbocycles. The van der Waals surface area contributed by atoms with Gasteiger partial charge in [0.05, 0.1) is 31.1 Å².